The second-order valence-corrected chi connectivity index (χ2v) is 7.36. The zero-order valence-electron chi connectivity index (χ0n) is 16.4. The summed E-state index contributed by atoms with van der Waals surface area (Å²) in [5.74, 6) is 0.398. The van der Waals surface area contributed by atoms with E-state index in [0.29, 0.717) is 24.0 Å². The SMILES string of the molecule is CCOc1cccc(C(=O)NC(=S)Nc2ccc(N3CCCC[C@@H]3C)cc2)c1. The molecule has 2 aromatic rings. The van der Waals surface area contributed by atoms with Crippen LogP contribution >= 0.6 is 12.2 Å². The van der Waals surface area contributed by atoms with Crippen LogP contribution in [0.5, 0.6) is 5.75 Å². The van der Waals surface area contributed by atoms with Crippen LogP contribution in [-0.4, -0.2) is 30.2 Å². The van der Waals surface area contributed by atoms with E-state index in [1.165, 1.54) is 24.9 Å². The smallest absolute Gasteiger partial charge is 0.257 e. The summed E-state index contributed by atoms with van der Waals surface area (Å²) < 4.78 is 5.43. The van der Waals surface area contributed by atoms with Gasteiger partial charge in [0.25, 0.3) is 5.91 Å². The number of nitrogens with one attached hydrogen (secondary N) is 2. The first-order valence-electron chi connectivity index (χ1n) is 9.78. The molecule has 1 heterocycles. The van der Waals surface area contributed by atoms with Crippen LogP contribution in [0, 0.1) is 0 Å². The molecule has 1 amide bonds. The molecule has 1 fully saturated rings. The fourth-order valence-corrected chi connectivity index (χ4v) is 3.66. The van der Waals surface area contributed by atoms with Gasteiger partial charge < -0.3 is 15.0 Å². The first-order valence-corrected chi connectivity index (χ1v) is 10.2. The molecule has 3 rings (SSSR count). The monoisotopic (exact) mass is 397 g/mol. The average molecular weight is 398 g/mol. The lowest BCUT2D eigenvalue weighted by atomic mass is 10.0. The highest BCUT2D eigenvalue weighted by Crippen LogP contribution is 2.25. The minimum absolute atomic E-state index is 0.266. The topological polar surface area (TPSA) is 53.6 Å². The Labute approximate surface area is 172 Å². The maximum Gasteiger partial charge on any atom is 0.257 e. The Morgan fingerprint density at radius 2 is 2.00 bits per heavy atom. The van der Waals surface area contributed by atoms with Crippen molar-refractivity contribution in [1.82, 2.24) is 5.32 Å². The van der Waals surface area contributed by atoms with Crippen molar-refractivity contribution < 1.29 is 9.53 Å². The van der Waals surface area contributed by atoms with Crippen molar-refractivity contribution in [3.63, 3.8) is 0 Å². The minimum Gasteiger partial charge on any atom is -0.494 e. The Bertz CT molecular complexity index is 823. The first kappa shape index (κ1) is 20.1. The number of ether oxygens (including phenoxy) is 1. The van der Waals surface area contributed by atoms with Crippen LogP contribution < -0.4 is 20.3 Å². The van der Waals surface area contributed by atoms with Crippen LogP contribution in [-0.2, 0) is 0 Å². The number of hydrogen-bond acceptors (Lipinski definition) is 4. The Kier molecular flexibility index (Phi) is 6.87. The molecule has 0 unspecified atom stereocenters. The van der Waals surface area contributed by atoms with E-state index < -0.39 is 0 Å². The van der Waals surface area contributed by atoms with Crippen molar-refractivity contribution >= 4 is 34.6 Å². The molecule has 5 nitrogen and oxygen atoms in total. The summed E-state index contributed by atoms with van der Waals surface area (Å²) in [5.41, 5.74) is 2.58. The van der Waals surface area contributed by atoms with Gasteiger partial charge in [-0.15, -0.1) is 0 Å². The second-order valence-electron chi connectivity index (χ2n) is 6.95. The summed E-state index contributed by atoms with van der Waals surface area (Å²) in [7, 11) is 0. The number of thiocarbonyl (C=S) groups is 1. The number of benzene rings is 2. The van der Waals surface area contributed by atoms with Gasteiger partial charge in [-0.3, -0.25) is 10.1 Å². The lowest BCUT2D eigenvalue weighted by Crippen LogP contribution is -2.37. The number of carbonyl (C=O) groups is 1. The molecular formula is C22H27N3O2S. The van der Waals surface area contributed by atoms with Gasteiger partial charge in [0.1, 0.15) is 5.75 Å². The lowest BCUT2D eigenvalue weighted by Gasteiger charge is -2.35. The molecule has 1 atom stereocenters. The number of rotatable bonds is 5. The number of hydrogen-bond donors (Lipinski definition) is 2. The number of amides is 1. The van der Waals surface area contributed by atoms with Gasteiger partial charge in [-0.05, 0) is 87.8 Å². The zero-order chi connectivity index (χ0) is 19.9. The van der Waals surface area contributed by atoms with Crippen LogP contribution in [0.25, 0.3) is 0 Å². The fourth-order valence-electron chi connectivity index (χ4n) is 3.45. The van der Waals surface area contributed by atoms with Crippen LogP contribution in [0.2, 0.25) is 0 Å². The summed E-state index contributed by atoms with van der Waals surface area (Å²) in [6.45, 7) is 5.83. The van der Waals surface area contributed by atoms with E-state index in [9.17, 15) is 4.79 Å². The highest BCUT2D eigenvalue weighted by molar-refractivity contribution is 7.80. The highest BCUT2D eigenvalue weighted by Gasteiger charge is 2.18. The van der Waals surface area contributed by atoms with Gasteiger partial charge in [0.2, 0.25) is 0 Å². The Morgan fingerprint density at radius 1 is 1.21 bits per heavy atom. The summed E-state index contributed by atoms with van der Waals surface area (Å²) in [6, 6.07) is 15.8. The quantitative estimate of drug-likeness (QED) is 0.723. The predicted molar refractivity (Wildman–Crippen MR) is 118 cm³/mol. The highest BCUT2D eigenvalue weighted by atomic mass is 32.1. The number of carbonyl (C=O) groups excluding carboxylic acids is 1. The van der Waals surface area contributed by atoms with Gasteiger partial charge in [0.15, 0.2) is 5.11 Å². The van der Waals surface area contributed by atoms with E-state index in [2.05, 4.69) is 34.6 Å². The van der Waals surface area contributed by atoms with E-state index in [1.54, 1.807) is 18.2 Å². The molecular weight excluding hydrogens is 370 g/mol. The molecule has 1 aliphatic rings. The summed E-state index contributed by atoms with van der Waals surface area (Å²) in [5, 5.41) is 6.06. The van der Waals surface area contributed by atoms with Crippen LogP contribution in [0.15, 0.2) is 48.5 Å². The van der Waals surface area contributed by atoms with Crippen LogP contribution in [0.4, 0.5) is 11.4 Å². The molecule has 0 saturated carbocycles. The Morgan fingerprint density at radius 3 is 2.71 bits per heavy atom. The largest absolute Gasteiger partial charge is 0.494 e. The van der Waals surface area contributed by atoms with E-state index in [-0.39, 0.29) is 11.0 Å². The van der Waals surface area contributed by atoms with Gasteiger partial charge in [-0.2, -0.15) is 0 Å². The van der Waals surface area contributed by atoms with Crippen molar-refractivity contribution in [3.8, 4) is 5.75 Å². The molecule has 6 heteroatoms. The normalized spacial score (nSPS) is 16.4. The van der Waals surface area contributed by atoms with E-state index in [1.807, 2.05) is 25.1 Å². The number of nitrogens with zero attached hydrogens (tertiary/aromatic N) is 1. The van der Waals surface area contributed by atoms with Crippen molar-refractivity contribution in [1.29, 1.82) is 0 Å². The van der Waals surface area contributed by atoms with Crippen molar-refractivity contribution in [2.45, 2.75) is 39.2 Å². The molecule has 0 aromatic heterocycles. The predicted octanol–water partition coefficient (Wildman–Crippen LogP) is 4.59. The molecule has 0 radical (unpaired) electrons. The van der Waals surface area contributed by atoms with Crippen molar-refractivity contribution in [2.24, 2.45) is 0 Å². The third-order valence-corrected chi connectivity index (χ3v) is 5.10. The maximum absolute atomic E-state index is 12.4. The van der Waals surface area contributed by atoms with Gasteiger partial charge in [0, 0.05) is 29.5 Å². The van der Waals surface area contributed by atoms with Gasteiger partial charge >= 0.3 is 0 Å². The second kappa shape index (κ2) is 9.55. The molecule has 1 aliphatic heterocycles. The zero-order valence-corrected chi connectivity index (χ0v) is 17.2. The Hall–Kier alpha value is -2.60. The van der Waals surface area contributed by atoms with Crippen molar-refractivity contribution in [2.75, 3.05) is 23.4 Å². The molecule has 0 spiro atoms. The summed E-state index contributed by atoms with van der Waals surface area (Å²) in [4.78, 5) is 14.8. The lowest BCUT2D eigenvalue weighted by molar-refractivity contribution is 0.0977. The summed E-state index contributed by atoms with van der Waals surface area (Å²) >= 11 is 5.29. The fraction of sp³-hybridized carbons (Fsp3) is 0.364. The number of anilines is 2. The molecule has 2 N–H and O–H groups in total. The summed E-state index contributed by atoms with van der Waals surface area (Å²) in [6.07, 6.45) is 3.78. The van der Waals surface area contributed by atoms with Crippen molar-refractivity contribution in [3.05, 3.63) is 54.1 Å². The van der Waals surface area contributed by atoms with Crippen LogP contribution in [0.1, 0.15) is 43.5 Å². The molecule has 148 valence electrons. The maximum atomic E-state index is 12.4. The molecule has 2 aromatic carbocycles. The molecule has 1 saturated heterocycles. The first-order chi connectivity index (χ1) is 13.6. The van der Waals surface area contributed by atoms with Crippen LogP contribution in [0.3, 0.4) is 0 Å². The number of piperidine rings is 1. The third kappa shape index (κ3) is 5.23. The minimum atomic E-state index is -0.266. The molecule has 0 bridgehead atoms. The van der Waals surface area contributed by atoms with Gasteiger partial charge in [-0.25, -0.2) is 0 Å². The third-order valence-electron chi connectivity index (χ3n) is 4.89. The molecule has 0 aliphatic carbocycles. The average Bonchev–Trinajstić information content (AvgIpc) is 2.69. The van der Waals surface area contributed by atoms with E-state index in [4.69, 9.17) is 17.0 Å². The standard InChI is InChI=1S/C22H27N3O2S/c1-3-27-20-9-6-8-17(15-20)21(26)24-22(28)23-18-10-12-19(13-11-18)25-14-5-4-7-16(25)2/h6,8-13,15-16H,3-5,7,14H2,1-2H3,(H2,23,24,26,28)/t16-/m0/s1. The van der Waals surface area contributed by atoms with Gasteiger partial charge in [-0.1, -0.05) is 6.07 Å². The molecule has 28 heavy (non-hydrogen) atoms. The Balaban J connectivity index is 1.57. The van der Waals surface area contributed by atoms with E-state index in [0.717, 1.165) is 12.2 Å². The van der Waals surface area contributed by atoms with E-state index >= 15 is 0 Å². The van der Waals surface area contributed by atoms with Gasteiger partial charge in [0.05, 0.1) is 6.61 Å².